The molecule has 0 amide bonds. The van der Waals surface area contributed by atoms with Gasteiger partial charge in [-0.15, -0.1) is 11.8 Å². The Kier molecular flexibility index (Phi) is 4.28. The highest BCUT2D eigenvalue weighted by molar-refractivity contribution is 7.99. The van der Waals surface area contributed by atoms with E-state index in [4.69, 9.17) is 17.3 Å². The number of nitrogens with two attached hydrogens (primary N) is 1. The van der Waals surface area contributed by atoms with Gasteiger partial charge in [0.25, 0.3) is 5.56 Å². The lowest BCUT2D eigenvalue weighted by atomic mass is 10.4. The number of nitrogens with zero attached hydrogens (tertiary/aromatic N) is 2. The van der Waals surface area contributed by atoms with Gasteiger partial charge in [0.1, 0.15) is 5.03 Å². The minimum Gasteiger partial charge on any atom is -0.398 e. The molecule has 0 aliphatic heterocycles. The number of aryl methyl sites for hydroxylation is 1. The molecule has 2 aromatic rings. The fourth-order valence-corrected chi connectivity index (χ4v) is 2.55. The molecule has 94 valence electrons. The Balaban J connectivity index is 1.99. The van der Waals surface area contributed by atoms with Crippen molar-refractivity contribution in [2.75, 3.05) is 11.5 Å². The lowest BCUT2D eigenvalue weighted by Crippen LogP contribution is -2.19. The van der Waals surface area contributed by atoms with Gasteiger partial charge < -0.3 is 10.3 Å². The van der Waals surface area contributed by atoms with Crippen LogP contribution in [-0.2, 0) is 6.54 Å². The average molecular weight is 282 g/mol. The summed E-state index contributed by atoms with van der Waals surface area (Å²) in [4.78, 5) is 15.7. The van der Waals surface area contributed by atoms with Crippen LogP contribution in [0.1, 0.15) is 0 Å². The van der Waals surface area contributed by atoms with Gasteiger partial charge in [0.2, 0.25) is 0 Å². The summed E-state index contributed by atoms with van der Waals surface area (Å²) in [6, 6.07) is 6.65. The molecule has 2 N–H and O–H groups in total. The maximum absolute atomic E-state index is 11.5. The quantitative estimate of drug-likeness (QED) is 0.874. The lowest BCUT2D eigenvalue weighted by Gasteiger charge is -2.06. The van der Waals surface area contributed by atoms with Crippen LogP contribution < -0.4 is 11.3 Å². The number of anilines is 1. The highest BCUT2D eigenvalue weighted by Crippen LogP contribution is 2.23. The zero-order chi connectivity index (χ0) is 13.0. The number of thioether (sulfide) groups is 1. The molecule has 0 atom stereocenters. The van der Waals surface area contributed by atoms with Crippen LogP contribution in [0.25, 0.3) is 0 Å². The van der Waals surface area contributed by atoms with E-state index in [9.17, 15) is 4.79 Å². The minimum atomic E-state index is -0.0584. The van der Waals surface area contributed by atoms with Crippen molar-refractivity contribution in [2.24, 2.45) is 0 Å². The number of nitrogen functional groups attached to an aromatic ring is 1. The number of aromatic nitrogens is 2. The first kappa shape index (κ1) is 13.0. The van der Waals surface area contributed by atoms with Crippen LogP contribution in [0, 0.1) is 0 Å². The van der Waals surface area contributed by atoms with E-state index < -0.39 is 0 Å². The molecule has 0 radical (unpaired) electrons. The van der Waals surface area contributed by atoms with Crippen molar-refractivity contribution in [3.8, 4) is 0 Å². The molecule has 0 saturated heterocycles. The molecular formula is C12H12ClN3OS. The summed E-state index contributed by atoms with van der Waals surface area (Å²) >= 11 is 7.50. The fraction of sp³-hybridized carbons (Fsp3) is 0.167. The van der Waals surface area contributed by atoms with Crippen LogP contribution >= 0.6 is 23.4 Å². The Morgan fingerprint density at radius 1 is 1.39 bits per heavy atom. The van der Waals surface area contributed by atoms with Crippen molar-refractivity contribution in [3.63, 3.8) is 0 Å². The SMILES string of the molecule is Nc1ccc(=O)n(CCSc2ncccc2Cl)c1. The molecule has 0 aromatic carbocycles. The van der Waals surface area contributed by atoms with E-state index in [-0.39, 0.29) is 5.56 Å². The minimum absolute atomic E-state index is 0.0584. The smallest absolute Gasteiger partial charge is 0.250 e. The summed E-state index contributed by atoms with van der Waals surface area (Å²) in [5, 5.41) is 1.40. The normalized spacial score (nSPS) is 10.5. The number of hydrogen-bond acceptors (Lipinski definition) is 4. The highest BCUT2D eigenvalue weighted by Gasteiger charge is 2.02. The van der Waals surface area contributed by atoms with Gasteiger partial charge in [-0.2, -0.15) is 0 Å². The van der Waals surface area contributed by atoms with Gasteiger partial charge in [0.15, 0.2) is 0 Å². The van der Waals surface area contributed by atoms with E-state index in [2.05, 4.69) is 4.98 Å². The van der Waals surface area contributed by atoms with E-state index in [0.717, 1.165) is 5.03 Å². The van der Waals surface area contributed by atoms with Crippen molar-refractivity contribution < 1.29 is 0 Å². The largest absolute Gasteiger partial charge is 0.398 e. The van der Waals surface area contributed by atoms with Gasteiger partial charge in [-0.05, 0) is 18.2 Å². The maximum atomic E-state index is 11.5. The van der Waals surface area contributed by atoms with Crippen molar-refractivity contribution in [2.45, 2.75) is 11.6 Å². The predicted octanol–water partition coefficient (Wildman–Crippen LogP) is 2.27. The van der Waals surface area contributed by atoms with Crippen LogP contribution in [0.3, 0.4) is 0 Å². The maximum Gasteiger partial charge on any atom is 0.250 e. The summed E-state index contributed by atoms with van der Waals surface area (Å²) in [7, 11) is 0. The third-order valence-electron chi connectivity index (χ3n) is 2.30. The van der Waals surface area contributed by atoms with Crippen LogP contribution in [0.2, 0.25) is 5.02 Å². The van der Waals surface area contributed by atoms with E-state index in [1.54, 1.807) is 35.2 Å². The summed E-state index contributed by atoms with van der Waals surface area (Å²) < 4.78 is 1.58. The fourth-order valence-electron chi connectivity index (χ4n) is 1.44. The second-order valence-electron chi connectivity index (χ2n) is 3.63. The first-order valence-electron chi connectivity index (χ1n) is 5.36. The molecule has 0 bridgehead atoms. The summed E-state index contributed by atoms with van der Waals surface area (Å²) in [5.41, 5.74) is 6.16. The first-order chi connectivity index (χ1) is 8.66. The van der Waals surface area contributed by atoms with Crippen LogP contribution in [0.15, 0.2) is 46.5 Å². The highest BCUT2D eigenvalue weighted by atomic mass is 35.5. The Hall–Kier alpha value is -1.46. The van der Waals surface area contributed by atoms with Gasteiger partial charge in [-0.1, -0.05) is 11.6 Å². The molecule has 0 aliphatic carbocycles. The van der Waals surface area contributed by atoms with Gasteiger partial charge >= 0.3 is 0 Å². The zero-order valence-corrected chi connectivity index (χ0v) is 11.1. The Bertz CT molecular complexity index is 600. The van der Waals surface area contributed by atoms with Crippen LogP contribution in [-0.4, -0.2) is 15.3 Å². The molecule has 0 fully saturated rings. The van der Waals surface area contributed by atoms with E-state index >= 15 is 0 Å². The van der Waals surface area contributed by atoms with Gasteiger partial charge in [-0.25, -0.2) is 4.98 Å². The molecule has 0 unspecified atom stereocenters. The van der Waals surface area contributed by atoms with Crippen molar-refractivity contribution in [1.29, 1.82) is 0 Å². The third kappa shape index (κ3) is 3.27. The van der Waals surface area contributed by atoms with E-state index in [1.807, 2.05) is 0 Å². The molecule has 4 nitrogen and oxygen atoms in total. The van der Waals surface area contributed by atoms with E-state index in [0.29, 0.717) is 23.0 Å². The molecule has 0 saturated carbocycles. The van der Waals surface area contributed by atoms with Gasteiger partial charge in [0.05, 0.1) is 5.02 Å². The van der Waals surface area contributed by atoms with Crippen molar-refractivity contribution in [3.05, 3.63) is 52.0 Å². The average Bonchev–Trinajstić information content (AvgIpc) is 2.36. The first-order valence-corrected chi connectivity index (χ1v) is 6.72. The number of pyridine rings is 2. The standard InChI is InChI=1S/C12H12ClN3OS/c13-10-2-1-5-15-12(10)18-7-6-16-8-9(14)3-4-11(16)17/h1-5,8H,6-7,14H2. The molecule has 2 heterocycles. The lowest BCUT2D eigenvalue weighted by molar-refractivity contribution is 0.736. The molecular weight excluding hydrogens is 270 g/mol. The predicted molar refractivity (Wildman–Crippen MR) is 75.1 cm³/mol. The van der Waals surface area contributed by atoms with Crippen LogP contribution in [0.4, 0.5) is 5.69 Å². The number of halogens is 1. The Labute approximate surface area is 114 Å². The summed E-state index contributed by atoms with van der Waals surface area (Å²) in [6.07, 6.45) is 3.34. The van der Waals surface area contributed by atoms with Gasteiger partial charge in [-0.3, -0.25) is 4.79 Å². The molecule has 2 aromatic heterocycles. The third-order valence-corrected chi connectivity index (χ3v) is 3.70. The van der Waals surface area contributed by atoms with E-state index in [1.165, 1.54) is 17.8 Å². The second kappa shape index (κ2) is 5.93. The Morgan fingerprint density at radius 3 is 3.00 bits per heavy atom. The topological polar surface area (TPSA) is 60.9 Å². The molecule has 18 heavy (non-hydrogen) atoms. The van der Waals surface area contributed by atoms with Crippen LogP contribution in [0.5, 0.6) is 0 Å². The van der Waals surface area contributed by atoms with Gasteiger partial charge in [0, 0.05) is 36.4 Å². The van der Waals surface area contributed by atoms with Crippen molar-refractivity contribution in [1.82, 2.24) is 9.55 Å². The van der Waals surface area contributed by atoms with Crippen molar-refractivity contribution >= 4 is 29.1 Å². The summed E-state index contributed by atoms with van der Waals surface area (Å²) in [6.45, 7) is 0.571. The summed E-state index contributed by atoms with van der Waals surface area (Å²) in [5.74, 6) is 0.708. The number of rotatable bonds is 4. The molecule has 6 heteroatoms. The molecule has 0 aliphatic rings. The Morgan fingerprint density at radius 2 is 2.22 bits per heavy atom. The number of hydrogen-bond donors (Lipinski definition) is 1. The second-order valence-corrected chi connectivity index (χ2v) is 5.12. The molecule has 0 spiro atoms. The zero-order valence-electron chi connectivity index (χ0n) is 9.54. The molecule has 2 rings (SSSR count). The monoisotopic (exact) mass is 281 g/mol.